The van der Waals surface area contributed by atoms with Crippen LogP contribution in [0.3, 0.4) is 0 Å². The van der Waals surface area contributed by atoms with E-state index in [-0.39, 0.29) is 6.10 Å². The molecule has 0 spiro atoms. The molecule has 114 valence electrons. The predicted molar refractivity (Wildman–Crippen MR) is 84.4 cm³/mol. The van der Waals surface area contributed by atoms with Gasteiger partial charge in [0.05, 0.1) is 19.3 Å². The quantitative estimate of drug-likeness (QED) is 0.666. The Kier molecular flexibility index (Phi) is 8.86. The Balaban J connectivity index is 2.51. The van der Waals surface area contributed by atoms with Crippen molar-refractivity contribution in [1.82, 2.24) is 5.32 Å². The second-order valence-electron chi connectivity index (χ2n) is 5.09. The number of nitrogens with one attached hydrogen (secondary N) is 1. The standard InChI is InChI=1S/C16H26ClNO2/c1-4-8-19-9-10-20-16(12-18-13(2)3)14-6-5-7-15(17)11-14/h5-7,11,13,16,18H,4,8-10,12H2,1-3H3. The lowest BCUT2D eigenvalue weighted by Gasteiger charge is -2.20. The van der Waals surface area contributed by atoms with Gasteiger partial charge in [-0.15, -0.1) is 0 Å². The third-order valence-electron chi connectivity index (χ3n) is 2.83. The van der Waals surface area contributed by atoms with E-state index in [9.17, 15) is 0 Å². The number of hydrogen-bond donors (Lipinski definition) is 1. The number of benzene rings is 1. The van der Waals surface area contributed by atoms with E-state index in [1.807, 2.05) is 24.3 Å². The first kappa shape index (κ1) is 17.4. The predicted octanol–water partition coefficient (Wildman–Crippen LogP) is 3.82. The molecule has 1 atom stereocenters. The minimum absolute atomic E-state index is 0.00123. The van der Waals surface area contributed by atoms with Gasteiger partial charge in [-0.05, 0) is 24.1 Å². The Morgan fingerprint density at radius 2 is 2.00 bits per heavy atom. The summed E-state index contributed by atoms with van der Waals surface area (Å²) in [4.78, 5) is 0. The maximum absolute atomic E-state index is 6.05. The van der Waals surface area contributed by atoms with Gasteiger partial charge < -0.3 is 14.8 Å². The number of ether oxygens (including phenoxy) is 2. The van der Waals surface area contributed by atoms with Gasteiger partial charge in [-0.3, -0.25) is 0 Å². The van der Waals surface area contributed by atoms with E-state index in [2.05, 4.69) is 26.1 Å². The van der Waals surface area contributed by atoms with Crippen molar-refractivity contribution >= 4 is 11.6 Å². The lowest BCUT2D eigenvalue weighted by molar-refractivity contribution is 0.00359. The van der Waals surface area contributed by atoms with Crippen molar-refractivity contribution in [3.05, 3.63) is 34.9 Å². The minimum Gasteiger partial charge on any atom is -0.379 e. The van der Waals surface area contributed by atoms with Gasteiger partial charge in [0.15, 0.2) is 0 Å². The fraction of sp³-hybridized carbons (Fsp3) is 0.625. The van der Waals surface area contributed by atoms with Crippen LogP contribution >= 0.6 is 11.6 Å². The molecule has 0 aromatic heterocycles. The molecule has 0 aliphatic rings. The summed E-state index contributed by atoms with van der Waals surface area (Å²) in [6, 6.07) is 8.27. The van der Waals surface area contributed by atoms with Gasteiger partial charge in [0.1, 0.15) is 0 Å². The van der Waals surface area contributed by atoms with Crippen molar-refractivity contribution in [1.29, 1.82) is 0 Å². The highest BCUT2D eigenvalue weighted by Crippen LogP contribution is 2.20. The Labute approximate surface area is 127 Å². The smallest absolute Gasteiger partial charge is 0.0950 e. The number of hydrogen-bond acceptors (Lipinski definition) is 3. The van der Waals surface area contributed by atoms with Crippen LogP contribution in [0.4, 0.5) is 0 Å². The van der Waals surface area contributed by atoms with Gasteiger partial charge in [-0.25, -0.2) is 0 Å². The molecule has 1 rings (SSSR count). The second kappa shape index (κ2) is 10.2. The number of rotatable bonds is 10. The van der Waals surface area contributed by atoms with Crippen molar-refractivity contribution in [3.63, 3.8) is 0 Å². The molecule has 0 amide bonds. The first-order valence-corrected chi connectivity index (χ1v) is 7.69. The van der Waals surface area contributed by atoms with Crippen LogP contribution in [-0.4, -0.2) is 32.4 Å². The minimum atomic E-state index is 0.00123. The van der Waals surface area contributed by atoms with E-state index < -0.39 is 0 Å². The molecule has 20 heavy (non-hydrogen) atoms. The second-order valence-corrected chi connectivity index (χ2v) is 5.53. The molecule has 0 radical (unpaired) electrons. The average Bonchev–Trinajstić information content (AvgIpc) is 2.41. The number of halogens is 1. The van der Waals surface area contributed by atoms with Crippen LogP contribution in [0.5, 0.6) is 0 Å². The summed E-state index contributed by atoms with van der Waals surface area (Å²) in [5.41, 5.74) is 1.10. The van der Waals surface area contributed by atoms with Gasteiger partial charge in [-0.2, -0.15) is 0 Å². The van der Waals surface area contributed by atoms with Crippen molar-refractivity contribution in [3.8, 4) is 0 Å². The Morgan fingerprint density at radius 3 is 2.65 bits per heavy atom. The van der Waals surface area contributed by atoms with E-state index in [0.717, 1.165) is 30.2 Å². The topological polar surface area (TPSA) is 30.5 Å². The summed E-state index contributed by atoms with van der Waals surface area (Å²) < 4.78 is 11.4. The lowest BCUT2D eigenvalue weighted by Crippen LogP contribution is -2.29. The van der Waals surface area contributed by atoms with Crippen LogP contribution in [0.25, 0.3) is 0 Å². The highest BCUT2D eigenvalue weighted by atomic mass is 35.5. The van der Waals surface area contributed by atoms with Gasteiger partial charge in [0, 0.05) is 24.2 Å². The third-order valence-corrected chi connectivity index (χ3v) is 3.06. The first-order valence-electron chi connectivity index (χ1n) is 7.31. The molecule has 1 aromatic rings. The normalized spacial score (nSPS) is 12.8. The largest absolute Gasteiger partial charge is 0.379 e. The molecule has 0 aliphatic heterocycles. The first-order chi connectivity index (χ1) is 9.63. The molecule has 0 aliphatic carbocycles. The average molecular weight is 300 g/mol. The zero-order chi connectivity index (χ0) is 14.8. The maximum atomic E-state index is 6.05. The molecular formula is C16H26ClNO2. The molecule has 0 heterocycles. The molecule has 1 aromatic carbocycles. The molecule has 1 unspecified atom stereocenters. The molecular weight excluding hydrogens is 274 g/mol. The summed E-state index contributed by atoms with van der Waals surface area (Å²) in [6.45, 7) is 9.13. The lowest BCUT2D eigenvalue weighted by atomic mass is 10.1. The fourth-order valence-electron chi connectivity index (χ4n) is 1.82. The summed E-state index contributed by atoms with van der Waals surface area (Å²) >= 11 is 6.05. The van der Waals surface area contributed by atoms with Crippen LogP contribution in [0.2, 0.25) is 5.02 Å². The molecule has 3 nitrogen and oxygen atoms in total. The monoisotopic (exact) mass is 299 g/mol. The van der Waals surface area contributed by atoms with E-state index in [4.69, 9.17) is 21.1 Å². The molecule has 4 heteroatoms. The zero-order valence-electron chi connectivity index (χ0n) is 12.7. The summed E-state index contributed by atoms with van der Waals surface area (Å²) in [7, 11) is 0. The molecule has 1 N–H and O–H groups in total. The SMILES string of the molecule is CCCOCCOC(CNC(C)C)c1cccc(Cl)c1. The van der Waals surface area contributed by atoms with E-state index in [1.165, 1.54) is 0 Å². The van der Waals surface area contributed by atoms with E-state index in [1.54, 1.807) is 0 Å². The summed E-state index contributed by atoms with van der Waals surface area (Å²) in [6.07, 6.45) is 1.04. The highest BCUT2D eigenvalue weighted by Gasteiger charge is 2.12. The molecule has 0 saturated carbocycles. The van der Waals surface area contributed by atoms with Crippen LogP contribution in [0.1, 0.15) is 38.9 Å². The van der Waals surface area contributed by atoms with Crippen molar-refractivity contribution in [2.24, 2.45) is 0 Å². The van der Waals surface area contributed by atoms with E-state index >= 15 is 0 Å². The molecule has 0 saturated heterocycles. The van der Waals surface area contributed by atoms with Gasteiger partial charge in [0.25, 0.3) is 0 Å². The van der Waals surface area contributed by atoms with Gasteiger partial charge >= 0.3 is 0 Å². The zero-order valence-corrected chi connectivity index (χ0v) is 13.5. The van der Waals surface area contributed by atoms with Crippen LogP contribution in [-0.2, 0) is 9.47 Å². The van der Waals surface area contributed by atoms with Crippen molar-refractivity contribution in [2.45, 2.75) is 39.3 Å². The summed E-state index contributed by atoms with van der Waals surface area (Å²) in [5, 5.41) is 4.15. The maximum Gasteiger partial charge on any atom is 0.0950 e. The van der Waals surface area contributed by atoms with Crippen LogP contribution in [0.15, 0.2) is 24.3 Å². The highest BCUT2D eigenvalue weighted by molar-refractivity contribution is 6.30. The fourth-order valence-corrected chi connectivity index (χ4v) is 2.02. The molecule has 0 fully saturated rings. The van der Waals surface area contributed by atoms with Crippen LogP contribution in [0, 0.1) is 0 Å². The van der Waals surface area contributed by atoms with Crippen LogP contribution < -0.4 is 5.32 Å². The third kappa shape index (κ3) is 7.25. The Bertz CT molecular complexity index is 371. The van der Waals surface area contributed by atoms with E-state index in [0.29, 0.717) is 19.3 Å². The molecule has 0 bridgehead atoms. The van der Waals surface area contributed by atoms with Crippen molar-refractivity contribution in [2.75, 3.05) is 26.4 Å². The Hall–Kier alpha value is -0.610. The summed E-state index contributed by atoms with van der Waals surface area (Å²) in [5.74, 6) is 0. The van der Waals surface area contributed by atoms with Crippen molar-refractivity contribution < 1.29 is 9.47 Å². The Morgan fingerprint density at radius 1 is 1.20 bits per heavy atom. The van der Waals surface area contributed by atoms with Gasteiger partial charge in [0.2, 0.25) is 0 Å². The van der Waals surface area contributed by atoms with Gasteiger partial charge in [-0.1, -0.05) is 44.5 Å².